The Hall–Kier alpha value is -3.22. The molecule has 1 N–H and O–H groups in total. The normalized spacial score (nSPS) is 12.8. The number of benzene rings is 2. The van der Waals surface area contributed by atoms with Gasteiger partial charge in [0.25, 0.3) is 5.91 Å². The number of hydrogen-bond acceptors (Lipinski definition) is 5. The molecule has 1 aliphatic rings. The summed E-state index contributed by atoms with van der Waals surface area (Å²) in [5.74, 6) is 0.972. The highest BCUT2D eigenvalue weighted by atomic mass is 16.5. The summed E-state index contributed by atoms with van der Waals surface area (Å²) in [4.78, 5) is 26.8. The van der Waals surface area contributed by atoms with Crippen molar-refractivity contribution in [3.8, 4) is 17.2 Å². The van der Waals surface area contributed by atoms with Crippen LogP contribution in [0, 0.1) is 0 Å². The zero-order valence-corrected chi connectivity index (χ0v) is 17.2. The Labute approximate surface area is 170 Å². The molecule has 0 aromatic heterocycles. The summed E-state index contributed by atoms with van der Waals surface area (Å²) in [7, 11) is 4.50. The van der Waals surface area contributed by atoms with Crippen LogP contribution in [0.3, 0.4) is 0 Å². The van der Waals surface area contributed by atoms with Gasteiger partial charge in [-0.3, -0.25) is 9.59 Å². The lowest BCUT2D eigenvalue weighted by Crippen LogP contribution is -2.35. The van der Waals surface area contributed by atoms with Crippen molar-refractivity contribution in [3.05, 3.63) is 47.0 Å². The van der Waals surface area contributed by atoms with Crippen molar-refractivity contribution in [2.45, 2.75) is 26.3 Å². The number of hydrogen-bond donors (Lipinski definition) is 1. The maximum Gasteiger partial charge on any atom is 0.259 e. The zero-order chi connectivity index (χ0) is 21.0. The summed E-state index contributed by atoms with van der Waals surface area (Å²) in [6.45, 7) is 3.16. The third-order valence-corrected chi connectivity index (χ3v) is 5.08. The van der Waals surface area contributed by atoms with Gasteiger partial charge in [-0.25, -0.2) is 0 Å². The minimum absolute atomic E-state index is 0.139. The van der Waals surface area contributed by atoms with Crippen LogP contribution in [0.15, 0.2) is 30.3 Å². The Morgan fingerprint density at radius 2 is 1.76 bits per heavy atom. The SMILES string of the molecule is CCC(=O)N1CCc2ccc(NC(=O)c3ccc(OC)c(OC)c3OC)cc2C1. The van der Waals surface area contributed by atoms with E-state index in [2.05, 4.69) is 5.32 Å². The van der Waals surface area contributed by atoms with Gasteiger partial charge in [0.05, 0.1) is 26.9 Å². The highest BCUT2D eigenvalue weighted by Crippen LogP contribution is 2.40. The predicted octanol–water partition coefficient (Wildman–Crippen LogP) is 3.26. The molecule has 0 radical (unpaired) electrons. The van der Waals surface area contributed by atoms with E-state index in [1.807, 2.05) is 30.0 Å². The van der Waals surface area contributed by atoms with Crippen molar-refractivity contribution in [2.75, 3.05) is 33.2 Å². The maximum atomic E-state index is 12.9. The van der Waals surface area contributed by atoms with Crippen LogP contribution in [-0.4, -0.2) is 44.6 Å². The molecule has 7 heteroatoms. The molecule has 0 saturated carbocycles. The molecule has 3 rings (SSSR count). The first kappa shape index (κ1) is 20.5. The van der Waals surface area contributed by atoms with Gasteiger partial charge in [0, 0.05) is 25.2 Å². The second-order valence-corrected chi connectivity index (χ2v) is 6.74. The number of ether oxygens (including phenoxy) is 3. The van der Waals surface area contributed by atoms with Crippen LogP contribution in [0.2, 0.25) is 0 Å². The average molecular weight is 398 g/mol. The van der Waals surface area contributed by atoms with Crippen LogP contribution >= 0.6 is 0 Å². The van der Waals surface area contributed by atoms with E-state index in [1.165, 1.54) is 26.9 Å². The van der Waals surface area contributed by atoms with E-state index in [-0.39, 0.29) is 11.8 Å². The number of rotatable bonds is 6. The number of methoxy groups -OCH3 is 3. The fourth-order valence-electron chi connectivity index (χ4n) is 3.55. The molecule has 0 fully saturated rings. The fraction of sp³-hybridized carbons (Fsp3) is 0.364. The average Bonchev–Trinajstić information content (AvgIpc) is 2.76. The largest absolute Gasteiger partial charge is 0.493 e. The Morgan fingerprint density at radius 1 is 1.00 bits per heavy atom. The highest BCUT2D eigenvalue weighted by Gasteiger charge is 2.22. The molecular formula is C22H26N2O5. The summed E-state index contributed by atoms with van der Waals surface area (Å²) in [6, 6.07) is 9.11. The predicted molar refractivity (Wildman–Crippen MR) is 110 cm³/mol. The molecule has 7 nitrogen and oxygen atoms in total. The van der Waals surface area contributed by atoms with Crippen LogP contribution in [0.4, 0.5) is 5.69 Å². The first-order valence-corrected chi connectivity index (χ1v) is 9.52. The molecule has 2 aromatic carbocycles. The standard InChI is InChI=1S/C22H26N2O5/c1-5-19(25)24-11-10-14-6-7-16(12-15(14)13-24)23-22(26)17-8-9-18(27-2)21(29-4)20(17)28-3/h6-9,12H,5,10-11,13H2,1-4H3,(H,23,26). The van der Waals surface area contributed by atoms with Gasteiger partial charge < -0.3 is 24.4 Å². The van der Waals surface area contributed by atoms with Crippen molar-refractivity contribution in [2.24, 2.45) is 0 Å². The molecule has 154 valence electrons. The maximum absolute atomic E-state index is 12.9. The van der Waals surface area contributed by atoms with Crippen LogP contribution in [0.5, 0.6) is 17.2 Å². The van der Waals surface area contributed by atoms with Crippen LogP contribution in [0.1, 0.15) is 34.8 Å². The second kappa shape index (κ2) is 8.86. The molecule has 0 atom stereocenters. The van der Waals surface area contributed by atoms with Gasteiger partial charge in [0.2, 0.25) is 11.7 Å². The van der Waals surface area contributed by atoms with Crippen LogP contribution < -0.4 is 19.5 Å². The molecule has 0 saturated heterocycles. The fourth-order valence-corrected chi connectivity index (χ4v) is 3.55. The smallest absolute Gasteiger partial charge is 0.259 e. The third-order valence-electron chi connectivity index (χ3n) is 5.08. The first-order valence-electron chi connectivity index (χ1n) is 9.52. The van der Waals surface area contributed by atoms with Gasteiger partial charge in [0.15, 0.2) is 11.5 Å². The minimum Gasteiger partial charge on any atom is -0.493 e. The molecule has 2 amide bonds. The molecule has 1 aliphatic heterocycles. The summed E-state index contributed by atoms with van der Waals surface area (Å²) in [5.41, 5.74) is 3.25. The van der Waals surface area contributed by atoms with Gasteiger partial charge in [-0.15, -0.1) is 0 Å². The van der Waals surface area contributed by atoms with Crippen molar-refractivity contribution < 1.29 is 23.8 Å². The van der Waals surface area contributed by atoms with Crippen LogP contribution in [-0.2, 0) is 17.8 Å². The highest BCUT2D eigenvalue weighted by molar-refractivity contribution is 6.07. The topological polar surface area (TPSA) is 77.1 Å². The second-order valence-electron chi connectivity index (χ2n) is 6.74. The molecule has 0 unspecified atom stereocenters. The minimum atomic E-state index is -0.319. The summed E-state index contributed by atoms with van der Waals surface area (Å²) in [6.07, 6.45) is 1.31. The number of carbonyl (C=O) groups excluding carboxylic acids is 2. The van der Waals surface area contributed by atoms with E-state index in [0.717, 1.165) is 18.5 Å². The van der Waals surface area contributed by atoms with Crippen molar-refractivity contribution >= 4 is 17.5 Å². The number of anilines is 1. The molecule has 0 aliphatic carbocycles. The quantitative estimate of drug-likeness (QED) is 0.808. The number of amides is 2. The van der Waals surface area contributed by atoms with E-state index in [0.29, 0.717) is 41.5 Å². The zero-order valence-electron chi connectivity index (χ0n) is 17.2. The van der Waals surface area contributed by atoms with Gasteiger partial charge in [-0.05, 0) is 41.8 Å². The Balaban J connectivity index is 1.84. The van der Waals surface area contributed by atoms with Gasteiger partial charge in [-0.2, -0.15) is 0 Å². The Kier molecular flexibility index (Phi) is 6.26. The monoisotopic (exact) mass is 398 g/mol. The lowest BCUT2D eigenvalue weighted by Gasteiger charge is -2.29. The lowest BCUT2D eigenvalue weighted by atomic mass is 9.98. The lowest BCUT2D eigenvalue weighted by molar-refractivity contribution is -0.131. The molecule has 2 aromatic rings. The van der Waals surface area contributed by atoms with Gasteiger partial charge in [0.1, 0.15) is 0 Å². The Morgan fingerprint density at radius 3 is 2.41 bits per heavy atom. The number of carbonyl (C=O) groups is 2. The third kappa shape index (κ3) is 4.13. The van der Waals surface area contributed by atoms with Gasteiger partial charge >= 0.3 is 0 Å². The van der Waals surface area contributed by atoms with E-state index in [4.69, 9.17) is 14.2 Å². The summed E-state index contributed by atoms with van der Waals surface area (Å²) >= 11 is 0. The first-order chi connectivity index (χ1) is 14.0. The molecule has 0 bridgehead atoms. The summed E-state index contributed by atoms with van der Waals surface area (Å²) < 4.78 is 16.0. The molecule has 29 heavy (non-hydrogen) atoms. The van der Waals surface area contributed by atoms with Crippen LogP contribution in [0.25, 0.3) is 0 Å². The van der Waals surface area contributed by atoms with E-state index in [1.54, 1.807) is 12.1 Å². The molecule has 0 spiro atoms. The number of nitrogens with zero attached hydrogens (tertiary/aromatic N) is 1. The van der Waals surface area contributed by atoms with Crippen molar-refractivity contribution in [1.82, 2.24) is 4.90 Å². The van der Waals surface area contributed by atoms with E-state index >= 15 is 0 Å². The van der Waals surface area contributed by atoms with Gasteiger partial charge in [-0.1, -0.05) is 13.0 Å². The summed E-state index contributed by atoms with van der Waals surface area (Å²) in [5, 5.41) is 2.91. The van der Waals surface area contributed by atoms with E-state index < -0.39 is 0 Å². The Bertz CT molecular complexity index is 926. The van der Waals surface area contributed by atoms with Crippen molar-refractivity contribution in [3.63, 3.8) is 0 Å². The van der Waals surface area contributed by atoms with E-state index in [9.17, 15) is 9.59 Å². The number of fused-ring (bicyclic) bond motifs is 1. The molecular weight excluding hydrogens is 372 g/mol. The van der Waals surface area contributed by atoms with Crippen molar-refractivity contribution in [1.29, 1.82) is 0 Å². The number of nitrogens with one attached hydrogen (secondary N) is 1. The molecule has 1 heterocycles.